The zero-order valence-electron chi connectivity index (χ0n) is 11.8. The molecular weight excluding hydrogens is 248 g/mol. The summed E-state index contributed by atoms with van der Waals surface area (Å²) in [7, 11) is 0. The largest absolute Gasteiger partial charge is 0.382 e. The number of nitrogens with zero attached hydrogens (tertiary/aromatic N) is 1. The van der Waals surface area contributed by atoms with Crippen LogP contribution in [0.3, 0.4) is 0 Å². The van der Waals surface area contributed by atoms with Crippen LogP contribution in [0.2, 0.25) is 0 Å². The number of carbonyl (C=O) groups excluding carboxylic acids is 1. The zero-order valence-corrected chi connectivity index (χ0v) is 11.8. The van der Waals surface area contributed by atoms with E-state index in [2.05, 4.69) is 47.8 Å². The van der Waals surface area contributed by atoms with Gasteiger partial charge >= 0.3 is 0 Å². The maximum Gasteiger partial charge on any atom is 0.219 e. The fourth-order valence-electron chi connectivity index (χ4n) is 2.91. The van der Waals surface area contributed by atoms with Crippen molar-refractivity contribution in [1.29, 1.82) is 0 Å². The summed E-state index contributed by atoms with van der Waals surface area (Å²) in [6.07, 6.45) is 2.03. The van der Waals surface area contributed by atoms with Gasteiger partial charge < -0.3 is 10.2 Å². The van der Waals surface area contributed by atoms with Gasteiger partial charge in [-0.25, -0.2) is 0 Å². The van der Waals surface area contributed by atoms with Crippen molar-refractivity contribution in [1.82, 2.24) is 4.90 Å². The van der Waals surface area contributed by atoms with Gasteiger partial charge in [0.25, 0.3) is 0 Å². The van der Waals surface area contributed by atoms with Crippen molar-refractivity contribution in [3.8, 4) is 0 Å². The van der Waals surface area contributed by atoms with Crippen LogP contribution in [0.5, 0.6) is 0 Å². The van der Waals surface area contributed by atoms with Gasteiger partial charge in [0.05, 0.1) is 0 Å². The van der Waals surface area contributed by atoms with Crippen LogP contribution in [0.1, 0.15) is 19.8 Å². The second-order valence-electron chi connectivity index (χ2n) is 5.45. The molecule has 20 heavy (non-hydrogen) atoms. The molecule has 1 aliphatic heterocycles. The normalized spacial score (nSPS) is 16.4. The summed E-state index contributed by atoms with van der Waals surface area (Å²) in [4.78, 5) is 13.3. The Kier molecular flexibility index (Phi) is 3.59. The Labute approximate surface area is 119 Å². The van der Waals surface area contributed by atoms with Gasteiger partial charge in [-0.05, 0) is 24.3 Å². The number of anilines is 1. The third-order valence-corrected chi connectivity index (χ3v) is 4.09. The predicted octanol–water partition coefficient (Wildman–Crippen LogP) is 3.26. The molecule has 3 heteroatoms. The quantitative estimate of drug-likeness (QED) is 0.906. The number of rotatable bonds is 2. The van der Waals surface area contributed by atoms with Gasteiger partial charge in [-0.2, -0.15) is 0 Å². The lowest BCUT2D eigenvalue weighted by molar-refractivity contribution is -0.129. The molecule has 0 bridgehead atoms. The molecule has 0 spiro atoms. The van der Waals surface area contributed by atoms with Gasteiger partial charge in [0, 0.05) is 37.1 Å². The molecule has 104 valence electrons. The van der Waals surface area contributed by atoms with E-state index in [1.165, 1.54) is 16.5 Å². The van der Waals surface area contributed by atoms with Crippen molar-refractivity contribution < 1.29 is 4.79 Å². The highest BCUT2D eigenvalue weighted by Gasteiger charge is 2.20. The molecule has 1 aliphatic rings. The Bertz CT molecular complexity index is 610. The number of amides is 1. The van der Waals surface area contributed by atoms with E-state index in [1.54, 1.807) is 6.92 Å². The van der Waals surface area contributed by atoms with Crippen LogP contribution in [0.25, 0.3) is 10.8 Å². The van der Waals surface area contributed by atoms with Crippen LogP contribution in [0.4, 0.5) is 5.69 Å². The minimum atomic E-state index is 0.189. The van der Waals surface area contributed by atoms with E-state index < -0.39 is 0 Å². The fraction of sp³-hybridized carbons (Fsp3) is 0.353. The van der Waals surface area contributed by atoms with Crippen LogP contribution in [-0.2, 0) is 4.79 Å². The molecule has 2 aromatic rings. The van der Waals surface area contributed by atoms with Crippen molar-refractivity contribution >= 4 is 22.4 Å². The molecule has 3 nitrogen and oxygen atoms in total. The summed E-state index contributed by atoms with van der Waals surface area (Å²) >= 11 is 0. The number of benzene rings is 2. The molecule has 1 saturated heterocycles. The van der Waals surface area contributed by atoms with Crippen molar-refractivity contribution in [3.63, 3.8) is 0 Å². The zero-order chi connectivity index (χ0) is 13.9. The smallest absolute Gasteiger partial charge is 0.219 e. The van der Waals surface area contributed by atoms with Crippen LogP contribution in [0, 0.1) is 0 Å². The van der Waals surface area contributed by atoms with E-state index in [1.807, 2.05) is 4.90 Å². The first-order chi connectivity index (χ1) is 9.74. The first-order valence-electron chi connectivity index (χ1n) is 7.24. The summed E-state index contributed by atoms with van der Waals surface area (Å²) in [5, 5.41) is 6.18. The van der Waals surface area contributed by atoms with Crippen LogP contribution < -0.4 is 5.32 Å². The van der Waals surface area contributed by atoms with E-state index in [0.29, 0.717) is 6.04 Å². The lowest BCUT2D eigenvalue weighted by Gasteiger charge is -2.32. The molecule has 0 saturated carbocycles. The Morgan fingerprint density at radius 1 is 1.10 bits per heavy atom. The summed E-state index contributed by atoms with van der Waals surface area (Å²) in [5.74, 6) is 0.189. The van der Waals surface area contributed by atoms with Gasteiger partial charge in [0.15, 0.2) is 0 Å². The minimum Gasteiger partial charge on any atom is -0.382 e. The number of carbonyl (C=O) groups is 1. The highest BCUT2D eigenvalue weighted by atomic mass is 16.2. The first-order valence-corrected chi connectivity index (χ1v) is 7.24. The Morgan fingerprint density at radius 3 is 2.55 bits per heavy atom. The fourth-order valence-corrected chi connectivity index (χ4v) is 2.91. The Hall–Kier alpha value is -2.03. The summed E-state index contributed by atoms with van der Waals surface area (Å²) in [5.41, 5.74) is 1.20. The molecule has 0 aromatic heterocycles. The highest BCUT2D eigenvalue weighted by Crippen LogP contribution is 2.25. The predicted molar refractivity (Wildman–Crippen MR) is 82.8 cm³/mol. The molecule has 2 aromatic carbocycles. The molecule has 0 radical (unpaired) electrons. The summed E-state index contributed by atoms with van der Waals surface area (Å²) in [6.45, 7) is 3.37. The first kappa shape index (κ1) is 13.0. The van der Waals surface area contributed by atoms with E-state index in [0.717, 1.165) is 25.9 Å². The van der Waals surface area contributed by atoms with E-state index in [9.17, 15) is 4.79 Å². The average Bonchev–Trinajstić information content (AvgIpc) is 2.48. The SMILES string of the molecule is CC(=O)N1CCC(Nc2cccc3ccccc23)CC1. The standard InChI is InChI=1S/C17H20N2O/c1-13(20)19-11-9-15(10-12-19)18-17-8-4-6-14-5-2-3-7-16(14)17/h2-8,15,18H,9-12H2,1H3. The van der Waals surface area contributed by atoms with Gasteiger partial charge in [-0.1, -0.05) is 36.4 Å². The molecule has 1 heterocycles. The Morgan fingerprint density at radius 2 is 1.80 bits per heavy atom. The van der Waals surface area contributed by atoms with Crippen LogP contribution in [-0.4, -0.2) is 29.9 Å². The number of piperidine rings is 1. The Balaban J connectivity index is 1.73. The maximum absolute atomic E-state index is 11.3. The second-order valence-corrected chi connectivity index (χ2v) is 5.45. The molecule has 3 rings (SSSR count). The number of likely N-dealkylation sites (tertiary alicyclic amines) is 1. The van der Waals surface area contributed by atoms with Crippen molar-refractivity contribution in [2.75, 3.05) is 18.4 Å². The third-order valence-electron chi connectivity index (χ3n) is 4.09. The number of hydrogen-bond acceptors (Lipinski definition) is 2. The highest BCUT2D eigenvalue weighted by molar-refractivity contribution is 5.93. The van der Waals surface area contributed by atoms with E-state index in [-0.39, 0.29) is 5.91 Å². The molecule has 0 aliphatic carbocycles. The molecule has 1 fully saturated rings. The van der Waals surface area contributed by atoms with Crippen LogP contribution in [0.15, 0.2) is 42.5 Å². The van der Waals surface area contributed by atoms with E-state index >= 15 is 0 Å². The van der Waals surface area contributed by atoms with Gasteiger partial charge in [-0.3, -0.25) is 4.79 Å². The number of fused-ring (bicyclic) bond motifs is 1. The van der Waals surface area contributed by atoms with Gasteiger partial charge in [-0.15, -0.1) is 0 Å². The second kappa shape index (κ2) is 5.53. The van der Waals surface area contributed by atoms with E-state index in [4.69, 9.17) is 0 Å². The average molecular weight is 268 g/mol. The number of hydrogen-bond donors (Lipinski definition) is 1. The summed E-state index contributed by atoms with van der Waals surface area (Å²) in [6, 6.07) is 15.3. The molecule has 0 unspecified atom stereocenters. The third kappa shape index (κ3) is 2.62. The van der Waals surface area contributed by atoms with Crippen molar-refractivity contribution in [3.05, 3.63) is 42.5 Å². The molecule has 1 amide bonds. The van der Waals surface area contributed by atoms with Crippen LogP contribution >= 0.6 is 0 Å². The summed E-state index contributed by atoms with van der Waals surface area (Å²) < 4.78 is 0. The van der Waals surface area contributed by atoms with Crippen molar-refractivity contribution in [2.45, 2.75) is 25.8 Å². The van der Waals surface area contributed by atoms with Gasteiger partial charge in [0.2, 0.25) is 5.91 Å². The number of nitrogens with one attached hydrogen (secondary N) is 1. The molecular formula is C17H20N2O. The maximum atomic E-state index is 11.3. The lowest BCUT2D eigenvalue weighted by Crippen LogP contribution is -2.41. The molecule has 0 atom stereocenters. The van der Waals surface area contributed by atoms with Crippen molar-refractivity contribution in [2.24, 2.45) is 0 Å². The minimum absolute atomic E-state index is 0.189. The monoisotopic (exact) mass is 268 g/mol. The molecule has 1 N–H and O–H groups in total. The topological polar surface area (TPSA) is 32.3 Å². The lowest BCUT2D eigenvalue weighted by atomic mass is 10.0. The van der Waals surface area contributed by atoms with Gasteiger partial charge in [0.1, 0.15) is 0 Å².